The lowest BCUT2D eigenvalue weighted by molar-refractivity contribution is 0.628. The van der Waals surface area contributed by atoms with E-state index in [1.165, 1.54) is 23.9 Å². The van der Waals surface area contributed by atoms with Gasteiger partial charge in [0, 0.05) is 16.8 Å². The Morgan fingerprint density at radius 3 is 2.29 bits per heavy atom. The molecule has 0 atom stereocenters. The minimum Gasteiger partial charge on any atom is -0.399 e. The first-order chi connectivity index (χ1) is 11.7. The van der Waals surface area contributed by atoms with Crippen molar-refractivity contribution < 1.29 is 4.39 Å². The second-order valence-corrected chi connectivity index (χ2v) is 6.35. The van der Waals surface area contributed by atoms with Crippen LogP contribution in [-0.4, -0.2) is 14.6 Å². The first kappa shape index (κ1) is 14.7. The summed E-state index contributed by atoms with van der Waals surface area (Å²) in [5.41, 5.74) is 9.12. The lowest BCUT2D eigenvalue weighted by Gasteiger charge is -2.05. The highest BCUT2D eigenvalue weighted by Gasteiger charge is 2.09. The van der Waals surface area contributed by atoms with Crippen molar-refractivity contribution in [3.8, 4) is 11.1 Å². The van der Waals surface area contributed by atoms with Crippen molar-refractivity contribution in [1.82, 2.24) is 14.6 Å². The van der Waals surface area contributed by atoms with Crippen LogP contribution in [0.15, 0.2) is 76.9 Å². The largest absolute Gasteiger partial charge is 0.399 e. The number of anilines is 1. The minimum absolute atomic E-state index is 0.247. The quantitative estimate of drug-likeness (QED) is 0.568. The molecule has 0 unspecified atom stereocenters. The van der Waals surface area contributed by atoms with Gasteiger partial charge in [-0.15, -0.1) is 10.2 Å². The van der Waals surface area contributed by atoms with Crippen molar-refractivity contribution in [2.75, 3.05) is 5.73 Å². The SMILES string of the molecule is Nc1ccc(Sc2nnc3ccc(-c4ccc(F)cc4)cn23)cc1. The average Bonchev–Trinajstić information content (AvgIpc) is 3.00. The molecule has 0 spiro atoms. The second-order valence-electron chi connectivity index (χ2n) is 5.31. The molecular formula is C18H13FN4S. The first-order valence-electron chi connectivity index (χ1n) is 7.33. The minimum atomic E-state index is -0.247. The number of hydrogen-bond acceptors (Lipinski definition) is 4. The summed E-state index contributed by atoms with van der Waals surface area (Å²) in [6.45, 7) is 0. The third kappa shape index (κ3) is 2.83. The van der Waals surface area contributed by atoms with Crippen LogP contribution in [0.25, 0.3) is 16.8 Å². The summed E-state index contributed by atoms with van der Waals surface area (Å²) >= 11 is 1.51. The molecule has 2 heterocycles. The van der Waals surface area contributed by atoms with Crippen molar-refractivity contribution in [3.63, 3.8) is 0 Å². The van der Waals surface area contributed by atoms with Crippen LogP contribution >= 0.6 is 11.8 Å². The molecule has 0 aliphatic carbocycles. The molecule has 0 saturated heterocycles. The van der Waals surface area contributed by atoms with Gasteiger partial charge in [0.2, 0.25) is 0 Å². The summed E-state index contributed by atoms with van der Waals surface area (Å²) in [7, 11) is 0. The van der Waals surface area contributed by atoms with Gasteiger partial charge >= 0.3 is 0 Å². The van der Waals surface area contributed by atoms with E-state index >= 15 is 0 Å². The van der Waals surface area contributed by atoms with Gasteiger partial charge in [-0.2, -0.15) is 0 Å². The van der Waals surface area contributed by atoms with Crippen molar-refractivity contribution >= 4 is 23.1 Å². The van der Waals surface area contributed by atoms with Gasteiger partial charge in [0.1, 0.15) is 5.82 Å². The zero-order valence-corrected chi connectivity index (χ0v) is 13.4. The molecule has 4 nitrogen and oxygen atoms in total. The monoisotopic (exact) mass is 336 g/mol. The Morgan fingerprint density at radius 2 is 1.54 bits per heavy atom. The number of fused-ring (bicyclic) bond motifs is 1. The summed E-state index contributed by atoms with van der Waals surface area (Å²) in [5.74, 6) is -0.247. The smallest absolute Gasteiger partial charge is 0.200 e. The first-order valence-corrected chi connectivity index (χ1v) is 8.15. The predicted octanol–water partition coefficient (Wildman–Crippen LogP) is 4.27. The Morgan fingerprint density at radius 1 is 0.833 bits per heavy atom. The highest BCUT2D eigenvalue weighted by Crippen LogP contribution is 2.28. The van der Waals surface area contributed by atoms with E-state index in [9.17, 15) is 4.39 Å². The molecule has 2 aromatic carbocycles. The van der Waals surface area contributed by atoms with E-state index < -0.39 is 0 Å². The number of benzene rings is 2. The van der Waals surface area contributed by atoms with E-state index in [0.717, 1.165) is 32.5 Å². The molecule has 0 aliphatic heterocycles. The Labute approximate surface area is 142 Å². The van der Waals surface area contributed by atoms with Crippen molar-refractivity contribution in [1.29, 1.82) is 0 Å². The lowest BCUT2D eigenvalue weighted by atomic mass is 10.1. The standard InChI is InChI=1S/C18H13FN4S/c19-14-4-1-12(2-5-14)13-3-10-17-21-22-18(23(17)11-13)24-16-8-6-15(20)7-9-16/h1-11H,20H2. The lowest BCUT2D eigenvalue weighted by Crippen LogP contribution is -1.90. The highest BCUT2D eigenvalue weighted by atomic mass is 32.2. The Bertz CT molecular complexity index is 994. The second kappa shape index (κ2) is 5.98. The molecule has 2 aromatic heterocycles. The van der Waals surface area contributed by atoms with Gasteiger partial charge in [0.25, 0.3) is 0 Å². The molecule has 0 saturated carbocycles. The molecule has 0 radical (unpaired) electrons. The molecule has 2 N–H and O–H groups in total. The van der Waals surface area contributed by atoms with Gasteiger partial charge in [0.05, 0.1) is 0 Å². The molecule has 24 heavy (non-hydrogen) atoms. The highest BCUT2D eigenvalue weighted by molar-refractivity contribution is 7.99. The topological polar surface area (TPSA) is 56.2 Å². The normalized spacial score (nSPS) is 11.0. The van der Waals surface area contributed by atoms with Crippen LogP contribution in [-0.2, 0) is 0 Å². The van der Waals surface area contributed by atoms with Crippen LogP contribution in [0.3, 0.4) is 0 Å². The van der Waals surface area contributed by atoms with Crippen LogP contribution in [0, 0.1) is 5.82 Å². The number of nitrogens with zero attached hydrogens (tertiary/aromatic N) is 3. The van der Waals surface area contributed by atoms with E-state index in [1.807, 2.05) is 47.0 Å². The van der Waals surface area contributed by atoms with Crippen LogP contribution in [0.1, 0.15) is 0 Å². The molecule has 118 valence electrons. The number of nitrogens with two attached hydrogens (primary N) is 1. The summed E-state index contributed by atoms with van der Waals surface area (Å²) in [6, 6.07) is 17.9. The number of aromatic nitrogens is 3. The molecular weight excluding hydrogens is 323 g/mol. The van der Waals surface area contributed by atoms with Gasteiger partial charge in [-0.1, -0.05) is 12.1 Å². The Balaban J connectivity index is 1.73. The summed E-state index contributed by atoms with van der Waals surface area (Å²) in [6.07, 6.45) is 1.96. The van der Waals surface area contributed by atoms with Crippen LogP contribution in [0.4, 0.5) is 10.1 Å². The predicted molar refractivity (Wildman–Crippen MR) is 93.4 cm³/mol. The fourth-order valence-corrected chi connectivity index (χ4v) is 3.20. The Kier molecular flexibility index (Phi) is 3.66. The van der Waals surface area contributed by atoms with Crippen molar-refractivity contribution in [3.05, 3.63) is 72.7 Å². The number of hydrogen-bond donors (Lipinski definition) is 1. The maximum Gasteiger partial charge on any atom is 0.200 e. The number of rotatable bonds is 3. The average molecular weight is 336 g/mol. The third-order valence-corrected chi connectivity index (χ3v) is 4.61. The third-order valence-electron chi connectivity index (χ3n) is 3.64. The maximum absolute atomic E-state index is 13.1. The molecule has 0 fully saturated rings. The van der Waals surface area contributed by atoms with E-state index in [-0.39, 0.29) is 5.82 Å². The molecule has 0 aliphatic rings. The summed E-state index contributed by atoms with van der Waals surface area (Å²) < 4.78 is 15.0. The zero-order chi connectivity index (χ0) is 16.5. The van der Waals surface area contributed by atoms with Crippen LogP contribution in [0.2, 0.25) is 0 Å². The van der Waals surface area contributed by atoms with Gasteiger partial charge in [0.15, 0.2) is 10.8 Å². The van der Waals surface area contributed by atoms with Crippen LogP contribution < -0.4 is 5.73 Å². The zero-order valence-electron chi connectivity index (χ0n) is 12.6. The van der Waals surface area contributed by atoms with Crippen molar-refractivity contribution in [2.24, 2.45) is 0 Å². The van der Waals surface area contributed by atoms with Gasteiger partial charge in [-0.3, -0.25) is 4.40 Å². The fraction of sp³-hybridized carbons (Fsp3) is 0. The number of nitrogen functional groups attached to an aromatic ring is 1. The number of halogens is 1. The number of pyridine rings is 1. The molecule has 0 amide bonds. The molecule has 4 aromatic rings. The van der Waals surface area contributed by atoms with Gasteiger partial charge < -0.3 is 5.73 Å². The van der Waals surface area contributed by atoms with Crippen LogP contribution in [0.5, 0.6) is 0 Å². The molecule has 6 heteroatoms. The van der Waals surface area contributed by atoms with Crippen molar-refractivity contribution in [2.45, 2.75) is 10.1 Å². The van der Waals surface area contributed by atoms with E-state index in [2.05, 4.69) is 10.2 Å². The van der Waals surface area contributed by atoms with E-state index in [4.69, 9.17) is 5.73 Å². The van der Waals surface area contributed by atoms with Gasteiger partial charge in [-0.05, 0) is 71.4 Å². The van der Waals surface area contributed by atoms with E-state index in [0.29, 0.717) is 0 Å². The Hall–Kier alpha value is -2.86. The maximum atomic E-state index is 13.1. The summed E-state index contributed by atoms with van der Waals surface area (Å²) in [4.78, 5) is 1.03. The molecule has 0 bridgehead atoms. The molecule has 4 rings (SSSR count). The van der Waals surface area contributed by atoms with E-state index in [1.54, 1.807) is 12.1 Å². The summed E-state index contributed by atoms with van der Waals surface area (Å²) in [5, 5.41) is 9.20. The van der Waals surface area contributed by atoms with Gasteiger partial charge in [-0.25, -0.2) is 4.39 Å². The fourth-order valence-electron chi connectivity index (χ4n) is 2.39.